The van der Waals surface area contributed by atoms with Crippen molar-refractivity contribution in [1.82, 2.24) is 5.48 Å². The molecule has 1 fully saturated rings. The highest BCUT2D eigenvalue weighted by Crippen LogP contribution is 2.20. The van der Waals surface area contributed by atoms with Gasteiger partial charge in [0, 0.05) is 5.56 Å². The number of hydroxylamine groups is 1. The van der Waals surface area contributed by atoms with Crippen LogP contribution in [0.25, 0.3) is 0 Å². The van der Waals surface area contributed by atoms with E-state index in [4.69, 9.17) is 9.57 Å². The molecule has 0 aromatic heterocycles. The maximum Gasteiger partial charge on any atom is 0.274 e. The van der Waals surface area contributed by atoms with Crippen molar-refractivity contribution in [3.8, 4) is 5.75 Å². The Balaban J connectivity index is 1.86. The zero-order valence-electron chi connectivity index (χ0n) is 12.2. The largest absolute Gasteiger partial charge is 0.493 e. The van der Waals surface area contributed by atoms with Crippen molar-refractivity contribution in [2.24, 2.45) is 5.92 Å². The molecule has 20 heavy (non-hydrogen) atoms. The molecule has 1 aliphatic carbocycles. The van der Waals surface area contributed by atoms with Gasteiger partial charge in [-0.25, -0.2) is 5.48 Å². The van der Waals surface area contributed by atoms with E-state index in [1.807, 2.05) is 12.1 Å². The molecular formula is C16H23NO3. The highest BCUT2D eigenvalue weighted by atomic mass is 16.7. The first kappa shape index (κ1) is 14.9. The highest BCUT2D eigenvalue weighted by Gasteiger charge is 2.17. The highest BCUT2D eigenvalue weighted by molar-refractivity contribution is 5.93. The molecule has 2 rings (SSSR count). The molecule has 110 valence electrons. The smallest absolute Gasteiger partial charge is 0.274 e. The van der Waals surface area contributed by atoms with Crippen LogP contribution in [0.2, 0.25) is 0 Å². The van der Waals surface area contributed by atoms with Crippen LogP contribution in [0.15, 0.2) is 24.3 Å². The third kappa shape index (κ3) is 4.53. The van der Waals surface area contributed by atoms with Crippen LogP contribution in [-0.2, 0) is 4.84 Å². The first-order chi connectivity index (χ1) is 9.65. The standard InChI is InChI=1S/C16H23NO3/c1-12(2)11-19-15-9-5-6-13(10-15)16(18)17-20-14-7-3-4-8-14/h5-6,9-10,12,14H,3-4,7-8,11H2,1-2H3,(H,17,18). The summed E-state index contributed by atoms with van der Waals surface area (Å²) in [5.74, 6) is 0.956. The first-order valence-corrected chi connectivity index (χ1v) is 7.34. The first-order valence-electron chi connectivity index (χ1n) is 7.34. The topological polar surface area (TPSA) is 47.6 Å². The van der Waals surface area contributed by atoms with Gasteiger partial charge in [0.25, 0.3) is 5.91 Å². The summed E-state index contributed by atoms with van der Waals surface area (Å²) < 4.78 is 5.62. The van der Waals surface area contributed by atoms with Gasteiger partial charge in [-0.1, -0.05) is 32.8 Å². The quantitative estimate of drug-likeness (QED) is 0.811. The average molecular weight is 277 g/mol. The second-order valence-corrected chi connectivity index (χ2v) is 5.69. The van der Waals surface area contributed by atoms with Crippen LogP contribution < -0.4 is 10.2 Å². The fourth-order valence-electron chi connectivity index (χ4n) is 2.19. The molecule has 0 heterocycles. The molecule has 0 aliphatic heterocycles. The van der Waals surface area contributed by atoms with E-state index in [2.05, 4.69) is 19.3 Å². The molecule has 1 saturated carbocycles. The SMILES string of the molecule is CC(C)COc1cccc(C(=O)NOC2CCCC2)c1. The van der Waals surface area contributed by atoms with Crippen molar-refractivity contribution in [2.45, 2.75) is 45.6 Å². The molecule has 1 N–H and O–H groups in total. The van der Waals surface area contributed by atoms with Crippen LogP contribution in [0.4, 0.5) is 0 Å². The Kier molecular flexibility index (Phi) is 5.41. The van der Waals surface area contributed by atoms with Crippen LogP contribution >= 0.6 is 0 Å². The summed E-state index contributed by atoms with van der Waals surface area (Å²) in [5, 5.41) is 0. The van der Waals surface area contributed by atoms with Gasteiger partial charge in [0.05, 0.1) is 12.7 Å². The zero-order chi connectivity index (χ0) is 14.4. The lowest BCUT2D eigenvalue weighted by atomic mass is 10.2. The van der Waals surface area contributed by atoms with Gasteiger partial charge in [0.15, 0.2) is 0 Å². The summed E-state index contributed by atoms with van der Waals surface area (Å²) in [5.41, 5.74) is 3.10. The van der Waals surface area contributed by atoms with Crippen molar-refractivity contribution in [3.63, 3.8) is 0 Å². The minimum atomic E-state index is -0.216. The Morgan fingerprint density at radius 1 is 1.35 bits per heavy atom. The molecule has 0 unspecified atom stereocenters. The molecule has 0 spiro atoms. The third-order valence-corrected chi connectivity index (χ3v) is 3.30. The number of hydrogen-bond donors (Lipinski definition) is 1. The third-order valence-electron chi connectivity index (χ3n) is 3.30. The van der Waals surface area contributed by atoms with Gasteiger partial charge < -0.3 is 4.74 Å². The van der Waals surface area contributed by atoms with Crippen LogP contribution in [0.1, 0.15) is 49.9 Å². The fourth-order valence-corrected chi connectivity index (χ4v) is 2.19. The molecule has 1 aromatic rings. The summed E-state index contributed by atoms with van der Waals surface area (Å²) in [6.07, 6.45) is 4.58. The van der Waals surface area contributed by atoms with Crippen LogP contribution in [0.5, 0.6) is 5.75 Å². The van der Waals surface area contributed by atoms with E-state index in [0.29, 0.717) is 23.8 Å². The second kappa shape index (κ2) is 7.29. The molecule has 1 aromatic carbocycles. The number of carbonyl (C=O) groups excluding carboxylic acids is 1. The van der Waals surface area contributed by atoms with Gasteiger partial charge in [-0.15, -0.1) is 0 Å². The number of hydrogen-bond acceptors (Lipinski definition) is 3. The number of rotatable bonds is 6. The predicted octanol–water partition coefficient (Wildman–Crippen LogP) is 3.33. The van der Waals surface area contributed by atoms with E-state index in [0.717, 1.165) is 12.8 Å². The molecule has 0 atom stereocenters. The number of ether oxygens (including phenoxy) is 1. The number of amides is 1. The van der Waals surface area contributed by atoms with Gasteiger partial charge in [-0.3, -0.25) is 9.63 Å². The molecule has 0 bridgehead atoms. The van der Waals surface area contributed by atoms with Gasteiger partial charge in [-0.2, -0.15) is 0 Å². The summed E-state index contributed by atoms with van der Waals surface area (Å²) in [6, 6.07) is 7.18. The average Bonchev–Trinajstić information content (AvgIpc) is 2.96. The van der Waals surface area contributed by atoms with Crippen molar-refractivity contribution >= 4 is 5.91 Å². The summed E-state index contributed by atoms with van der Waals surface area (Å²) in [4.78, 5) is 17.4. The molecule has 1 aliphatic rings. The predicted molar refractivity (Wildman–Crippen MR) is 77.6 cm³/mol. The molecular weight excluding hydrogens is 254 g/mol. The minimum Gasteiger partial charge on any atom is -0.493 e. The zero-order valence-corrected chi connectivity index (χ0v) is 12.2. The van der Waals surface area contributed by atoms with Gasteiger partial charge in [0.2, 0.25) is 0 Å². The van der Waals surface area contributed by atoms with E-state index < -0.39 is 0 Å². The maximum absolute atomic E-state index is 12.0. The second-order valence-electron chi connectivity index (χ2n) is 5.69. The van der Waals surface area contributed by atoms with E-state index in [1.54, 1.807) is 12.1 Å². The lowest BCUT2D eigenvalue weighted by Gasteiger charge is -2.12. The van der Waals surface area contributed by atoms with Gasteiger partial charge >= 0.3 is 0 Å². The number of benzene rings is 1. The Morgan fingerprint density at radius 2 is 2.10 bits per heavy atom. The fraction of sp³-hybridized carbons (Fsp3) is 0.562. The lowest BCUT2D eigenvalue weighted by Crippen LogP contribution is -2.28. The number of carbonyl (C=O) groups is 1. The normalized spacial score (nSPS) is 15.6. The van der Waals surface area contributed by atoms with E-state index in [1.165, 1.54) is 12.8 Å². The van der Waals surface area contributed by atoms with Crippen molar-refractivity contribution in [1.29, 1.82) is 0 Å². The molecule has 0 saturated heterocycles. The van der Waals surface area contributed by atoms with Crippen LogP contribution in [0.3, 0.4) is 0 Å². The molecule has 1 amide bonds. The minimum absolute atomic E-state index is 0.166. The van der Waals surface area contributed by atoms with Crippen LogP contribution in [-0.4, -0.2) is 18.6 Å². The van der Waals surface area contributed by atoms with E-state index in [-0.39, 0.29) is 12.0 Å². The Labute approximate surface area is 120 Å². The lowest BCUT2D eigenvalue weighted by molar-refractivity contribution is -0.0125. The van der Waals surface area contributed by atoms with Gasteiger partial charge in [0.1, 0.15) is 5.75 Å². The molecule has 4 heteroatoms. The monoisotopic (exact) mass is 277 g/mol. The Bertz CT molecular complexity index is 439. The Morgan fingerprint density at radius 3 is 2.80 bits per heavy atom. The van der Waals surface area contributed by atoms with Crippen molar-refractivity contribution in [2.75, 3.05) is 6.61 Å². The Hall–Kier alpha value is -1.55. The number of nitrogens with one attached hydrogen (secondary N) is 1. The van der Waals surface area contributed by atoms with E-state index in [9.17, 15) is 4.79 Å². The summed E-state index contributed by atoms with van der Waals surface area (Å²) >= 11 is 0. The van der Waals surface area contributed by atoms with Gasteiger partial charge in [-0.05, 0) is 37.0 Å². The van der Waals surface area contributed by atoms with E-state index >= 15 is 0 Å². The summed E-state index contributed by atoms with van der Waals surface area (Å²) in [6.45, 7) is 4.82. The van der Waals surface area contributed by atoms with Crippen molar-refractivity contribution in [3.05, 3.63) is 29.8 Å². The van der Waals surface area contributed by atoms with Crippen LogP contribution in [0, 0.1) is 5.92 Å². The van der Waals surface area contributed by atoms with Crippen molar-refractivity contribution < 1.29 is 14.4 Å². The molecule has 0 radical (unpaired) electrons. The molecule has 4 nitrogen and oxygen atoms in total. The maximum atomic E-state index is 12.0. The summed E-state index contributed by atoms with van der Waals surface area (Å²) in [7, 11) is 0.